The molecular formula is C24H28FN3O2. The summed E-state index contributed by atoms with van der Waals surface area (Å²) in [6.07, 6.45) is 2.71. The molecule has 0 aliphatic carbocycles. The SMILES string of the molecule is CC1NC(=O)C2(CCN(CCCC(=O)c3ccc(F)cc3)CC2)N1c1ccccc1. The molecule has 4 rings (SSSR count). The van der Waals surface area contributed by atoms with Gasteiger partial charge in [0, 0.05) is 30.8 Å². The van der Waals surface area contributed by atoms with Gasteiger partial charge in [-0.2, -0.15) is 0 Å². The molecule has 1 spiro atoms. The summed E-state index contributed by atoms with van der Waals surface area (Å²) in [5, 5.41) is 3.12. The van der Waals surface area contributed by atoms with E-state index in [0.29, 0.717) is 12.0 Å². The fraction of sp³-hybridized carbons (Fsp3) is 0.417. The Labute approximate surface area is 176 Å². The lowest BCUT2D eigenvalue weighted by atomic mass is 9.85. The number of nitrogens with zero attached hydrogens (tertiary/aromatic N) is 2. The standard InChI is InChI=1S/C24H28FN3O2/c1-18-26-23(30)24(28(18)21-6-3-2-4-7-21)13-16-27(17-14-24)15-5-8-22(29)19-9-11-20(25)12-10-19/h2-4,6-7,9-12,18H,5,8,13-17H2,1H3,(H,26,30). The molecule has 1 unspecified atom stereocenters. The topological polar surface area (TPSA) is 52.7 Å². The van der Waals surface area contributed by atoms with Crippen LogP contribution in [0.3, 0.4) is 0 Å². The smallest absolute Gasteiger partial charge is 0.247 e. The number of halogens is 1. The number of amides is 1. The molecule has 6 heteroatoms. The van der Waals surface area contributed by atoms with Crippen LogP contribution in [0.2, 0.25) is 0 Å². The molecule has 2 aliphatic heterocycles. The zero-order chi connectivity index (χ0) is 21.1. The average molecular weight is 410 g/mol. The summed E-state index contributed by atoms with van der Waals surface area (Å²) >= 11 is 0. The Bertz CT molecular complexity index is 892. The summed E-state index contributed by atoms with van der Waals surface area (Å²) in [5.74, 6) is -0.170. The molecule has 2 heterocycles. The van der Waals surface area contributed by atoms with Crippen molar-refractivity contribution in [1.82, 2.24) is 10.2 Å². The highest BCUT2D eigenvalue weighted by molar-refractivity contribution is 5.96. The summed E-state index contributed by atoms with van der Waals surface area (Å²) in [6, 6.07) is 15.9. The third kappa shape index (κ3) is 3.97. The summed E-state index contributed by atoms with van der Waals surface area (Å²) in [4.78, 5) is 29.8. The molecule has 2 aliphatic rings. The molecule has 2 fully saturated rings. The number of rotatable bonds is 6. The first-order valence-corrected chi connectivity index (χ1v) is 10.7. The lowest BCUT2D eigenvalue weighted by Gasteiger charge is -2.44. The summed E-state index contributed by atoms with van der Waals surface area (Å²) in [7, 11) is 0. The van der Waals surface area contributed by atoms with Gasteiger partial charge in [-0.3, -0.25) is 9.59 Å². The second kappa shape index (κ2) is 8.56. The number of carbonyl (C=O) groups is 2. The van der Waals surface area contributed by atoms with Gasteiger partial charge < -0.3 is 15.1 Å². The molecule has 2 aromatic carbocycles. The number of Topliss-reactive ketones (excluding diaryl/α,β-unsaturated/α-hetero) is 1. The molecular weight excluding hydrogens is 381 g/mol. The van der Waals surface area contributed by atoms with Crippen LogP contribution in [-0.4, -0.2) is 47.9 Å². The molecule has 30 heavy (non-hydrogen) atoms. The first-order valence-electron chi connectivity index (χ1n) is 10.7. The average Bonchev–Trinajstić information content (AvgIpc) is 2.99. The Morgan fingerprint density at radius 1 is 1.10 bits per heavy atom. The molecule has 1 N–H and O–H groups in total. The van der Waals surface area contributed by atoms with E-state index >= 15 is 0 Å². The highest BCUT2D eigenvalue weighted by Gasteiger charge is 2.52. The van der Waals surface area contributed by atoms with E-state index in [9.17, 15) is 14.0 Å². The second-order valence-corrected chi connectivity index (χ2v) is 8.26. The summed E-state index contributed by atoms with van der Waals surface area (Å²) < 4.78 is 13.0. The van der Waals surface area contributed by atoms with Crippen molar-refractivity contribution in [1.29, 1.82) is 0 Å². The van der Waals surface area contributed by atoms with Crippen LogP contribution in [0.5, 0.6) is 0 Å². The maximum Gasteiger partial charge on any atom is 0.247 e. The van der Waals surface area contributed by atoms with Gasteiger partial charge in [-0.1, -0.05) is 18.2 Å². The fourth-order valence-corrected chi connectivity index (χ4v) is 4.79. The summed E-state index contributed by atoms with van der Waals surface area (Å²) in [5.41, 5.74) is 1.13. The molecule has 158 valence electrons. The number of benzene rings is 2. The highest BCUT2D eigenvalue weighted by Crippen LogP contribution is 2.38. The minimum atomic E-state index is -0.499. The van der Waals surface area contributed by atoms with Crippen molar-refractivity contribution in [2.24, 2.45) is 0 Å². The van der Waals surface area contributed by atoms with Gasteiger partial charge >= 0.3 is 0 Å². The Kier molecular flexibility index (Phi) is 5.86. The van der Waals surface area contributed by atoms with Crippen LogP contribution >= 0.6 is 0 Å². The van der Waals surface area contributed by atoms with Gasteiger partial charge in [0.1, 0.15) is 11.4 Å². The Morgan fingerprint density at radius 3 is 2.43 bits per heavy atom. The third-order valence-electron chi connectivity index (χ3n) is 6.37. The van der Waals surface area contributed by atoms with Crippen molar-refractivity contribution >= 4 is 17.4 Å². The van der Waals surface area contributed by atoms with E-state index in [1.807, 2.05) is 25.1 Å². The zero-order valence-electron chi connectivity index (χ0n) is 17.3. The number of carbonyl (C=O) groups excluding carboxylic acids is 2. The molecule has 1 atom stereocenters. The number of ketones is 1. The number of piperidine rings is 1. The fourth-order valence-electron chi connectivity index (χ4n) is 4.79. The minimum absolute atomic E-state index is 0.0280. The Hall–Kier alpha value is -2.73. The van der Waals surface area contributed by atoms with Crippen molar-refractivity contribution in [3.8, 4) is 0 Å². The molecule has 0 aromatic heterocycles. The first kappa shape index (κ1) is 20.5. The normalized spacial score (nSPS) is 21.1. The monoisotopic (exact) mass is 409 g/mol. The van der Waals surface area contributed by atoms with Crippen molar-refractivity contribution in [3.63, 3.8) is 0 Å². The number of likely N-dealkylation sites (tertiary alicyclic amines) is 1. The Morgan fingerprint density at radius 2 is 1.77 bits per heavy atom. The lowest BCUT2D eigenvalue weighted by molar-refractivity contribution is -0.125. The van der Waals surface area contributed by atoms with Crippen LogP contribution < -0.4 is 10.2 Å². The van der Waals surface area contributed by atoms with Crippen molar-refractivity contribution in [2.75, 3.05) is 24.5 Å². The number of para-hydroxylation sites is 1. The minimum Gasteiger partial charge on any atom is -0.337 e. The molecule has 2 saturated heterocycles. The summed E-state index contributed by atoms with van der Waals surface area (Å²) in [6.45, 7) is 4.51. The van der Waals surface area contributed by atoms with Gasteiger partial charge in [-0.25, -0.2) is 4.39 Å². The van der Waals surface area contributed by atoms with Crippen LogP contribution in [0.25, 0.3) is 0 Å². The first-order chi connectivity index (χ1) is 14.5. The largest absolute Gasteiger partial charge is 0.337 e. The van der Waals surface area contributed by atoms with E-state index in [0.717, 1.165) is 44.6 Å². The molecule has 0 saturated carbocycles. The number of hydrogen-bond donors (Lipinski definition) is 1. The van der Waals surface area contributed by atoms with Gasteiger partial charge in [-0.05, 0) is 69.1 Å². The van der Waals surface area contributed by atoms with E-state index in [4.69, 9.17) is 0 Å². The van der Waals surface area contributed by atoms with Crippen molar-refractivity contribution < 1.29 is 14.0 Å². The molecule has 0 radical (unpaired) electrons. The quantitative estimate of drug-likeness (QED) is 0.741. The van der Waals surface area contributed by atoms with Crippen LogP contribution in [0.15, 0.2) is 54.6 Å². The maximum absolute atomic E-state index is 13.0. The van der Waals surface area contributed by atoms with Gasteiger partial charge in [0.25, 0.3) is 0 Å². The van der Waals surface area contributed by atoms with E-state index < -0.39 is 5.54 Å². The van der Waals surface area contributed by atoms with Gasteiger partial charge in [-0.15, -0.1) is 0 Å². The molecule has 1 amide bonds. The third-order valence-corrected chi connectivity index (χ3v) is 6.37. The van der Waals surface area contributed by atoms with Gasteiger partial charge in [0.15, 0.2) is 5.78 Å². The van der Waals surface area contributed by atoms with E-state index in [2.05, 4.69) is 27.2 Å². The predicted molar refractivity (Wildman–Crippen MR) is 115 cm³/mol. The zero-order valence-corrected chi connectivity index (χ0v) is 17.3. The van der Waals surface area contributed by atoms with Gasteiger partial charge in [0.2, 0.25) is 5.91 Å². The number of nitrogens with one attached hydrogen (secondary N) is 1. The van der Waals surface area contributed by atoms with Gasteiger partial charge in [0.05, 0.1) is 6.17 Å². The van der Waals surface area contributed by atoms with E-state index in [1.54, 1.807) is 12.1 Å². The number of hydrogen-bond acceptors (Lipinski definition) is 4. The lowest BCUT2D eigenvalue weighted by Crippen LogP contribution is -2.57. The van der Waals surface area contributed by atoms with Crippen LogP contribution in [0.1, 0.15) is 43.0 Å². The Balaban J connectivity index is 1.33. The second-order valence-electron chi connectivity index (χ2n) is 8.26. The molecule has 0 bridgehead atoms. The van der Waals surface area contributed by atoms with E-state index in [-0.39, 0.29) is 23.7 Å². The van der Waals surface area contributed by atoms with Crippen molar-refractivity contribution in [3.05, 3.63) is 66.0 Å². The highest BCUT2D eigenvalue weighted by atomic mass is 19.1. The van der Waals surface area contributed by atoms with Crippen LogP contribution in [0.4, 0.5) is 10.1 Å². The van der Waals surface area contributed by atoms with Crippen LogP contribution in [0, 0.1) is 5.82 Å². The van der Waals surface area contributed by atoms with Crippen LogP contribution in [-0.2, 0) is 4.79 Å². The molecule has 5 nitrogen and oxygen atoms in total. The predicted octanol–water partition coefficient (Wildman–Crippen LogP) is 3.61. The van der Waals surface area contributed by atoms with E-state index in [1.165, 1.54) is 12.1 Å². The molecule has 2 aromatic rings. The number of anilines is 1. The van der Waals surface area contributed by atoms with Crippen molar-refractivity contribution in [2.45, 2.75) is 44.3 Å². The maximum atomic E-state index is 13.0.